The highest BCUT2D eigenvalue weighted by molar-refractivity contribution is 6.76. The van der Waals surface area contributed by atoms with Crippen molar-refractivity contribution in [3.8, 4) is 0 Å². The van der Waals surface area contributed by atoms with Crippen LogP contribution in [0, 0.1) is 5.41 Å². The Morgan fingerprint density at radius 2 is 1.63 bits per heavy atom. The maximum absolute atomic E-state index is 11.9. The second-order valence-corrected chi connectivity index (χ2v) is 5.97. The number of carbonyl (C=O) groups is 2. The van der Waals surface area contributed by atoms with Gasteiger partial charge in [0.2, 0.25) is 5.90 Å². The van der Waals surface area contributed by atoms with Gasteiger partial charge in [-0.1, -0.05) is 46.9 Å². The van der Waals surface area contributed by atoms with Gasteiger partial charge in [-0.15, -0.1) is 0 Å². The Hall–Kier alpha value is -1.30. The summed E-state index contributed by atoms with van der Waals surface area (Å²) in [5.74, 6) is -1.66. The summed E-state index contributed by atoms with van der Waals surface area (Å²) < 4.78 is 2.81. The minimum atomic E-state index is -2.03. The van der Waals surface area contributed by atoms with Gasteiger partial charge >= 0.3 is 0 Å². The van der Waals surface area contributed by atoms with Crippen LogP contribution in [0.3, 0.4) is 0 Å². The van der Waals surface area contributed by atoms with E-state index in [9.17, 15) is 9.59 Å². The summed E-state index contributed by atoms with van der Waals surface area (Å²) >= 11 is 16.3. The number of amides is 2. The van der Waals surface area contributed by atoms with Crippen molar-refractivity contribution in [2.75, 3.05) is 6.73 Å². The number of nitrogens with zero attached hydrogens (tertiary/aromatic N) is 1. The zero-order valence-electron chi connectivity index (χ0n) is 9.32. The highest BCUT2D eigenvalue weighted by atomic mass is 35.6. The molecule has 0 saturated heterocycles. The number of imide groups is 1. The molecule has 0 bridgehead atoms. The summed E-state index contributed by atoms with van der Waals surface area (Å²) in [6.07, 6.45) is 0. The predicted octanol–water partition coefficient (Wildman–Crippen LogP) is 2.60. The number of nitrogens with one attached hydrogen (secondary N) is 1. The van der Waals surface area contributed by atoms with E-state index in [1.165, 1.54) is 12.1 Å². The zero-order chi connectivity index (χ0) is 14.2. The number of rotatable bonds is 2. The van der Waals surface area contributed by atoms with Crippen LogP contribution in [-0.4, -0.2) is 33.1 Å². The molecular weight excluding hydrogens is 314 g/mol. The Kier molecular flexibility index (Phi) is 3.71. The summed E-state index contributed by atoms with van der Waals surface area (Å²) in [6.45, 7) is -0.473. The van der Waals surface area contributed by atoms with Crippen LogP contribution in [0.5, 0.6) is 0 Å². The van der Waals surface area contributed by atoms with Crippen molar-refractivity contribution in [3.63, 3.8) is 0 Å². The smallest absolute Gasteiger partial charge is 0.265 e. The van der Waals surface area contributed by atoms with Crippen molar-refractivity contribution < 1.29 is 14.3 Å². The molecule has 5 nitrogen and oxygen atoms in total. The molecule has 1 aromatic carbocycles. The lowest BCUT2D eigenvalue weighted by Crippen LogP contribution is -2.35. The second-order valence-electron chi connectivity index (χ2n) is 3.68. The van der Waals surface area contributed by atoms with Gasteiger partial charge in [0.05, 0.1) is 11.1 Å². The van der Waals surface area contributed by atoms with E-state index in [0.29, 0.717) is 0 Å². The molecule has 0 aromatic heterocycles. The number of ether oxygens (including phenoxy) is 1. The van der Waals surface area contributed by atoms with Crippen molar-refractivity contribution >= 4 is 52.5 Å². The van der Waals surface area contributed by atoms with E-state index in [4.69, 9.17) is 44.9 Å². The predicted molar refractivity (Wildman–Crippen MR) is 70.9 cm³/mol. The topological polar surface area (TPSA) is 70.5 Å². The fraction of sp³-hybridized carbons (Fsp3) is 0.182. The summed E-state index contributed by atoms with van der Waals surface area (Å²) in [7, 11) is 0. The van der Waals surface area contributed by atoms with Gasteiger partial charge in [-0.2, -0.15) is 0 Å². The Bertz CT molecular complexity index is 534. The fourth-order valence-corrected chi connectivity index (χ4v) is 1.73. The molecule has 2 rings (SSSR count). The van der Waals surface area contributed by atoms with Gasteiger partial charge < -0.3 is 4.74 Å². The molecule has 0 unspecified atom stereocenters. The summed E-state index contributed by atoms with van der Waals surface area (Å²) in [4.78, 5) is 24.7. The molecule has 8 heteroatoms. The molecule has 0 radical (unpaired) electrons. The molecule has 19 heavy (non-hydrogen) atoms. The van der Waals surface area contributed by atoms with E-state index in [1.807, 2.05) is 0 Å². The van der Waals surface area contributed by atoms with E-state index in [1.54, 1.807) is 12.1 Å². The maximum atomic E-state index is 11.9. The number of hydrogen-bond donors (Lipinski definition) is 1. The van der Waals surface area contributed by atoms with E-state index in [0.717, 1.165) is 4.90 Å². The molecule has 1 N–H and O–H groups in total. The van der Waals surface area contributed by atoms with E-state index in [2.05, 4.69) is 0 Å². The molecule has 1 heterocycles. The van der Waals surface area contributed by atoms with Crippen molar-refractivity contribution in [1.82, 2.24) is 4.90 Å². The summed E-state index contributed by atoms with van der Waals surface area (Å²) in [5.41, 5.74) is 0.577. The Labute approximate surface area is 123 Å². The van der Waals surface area contributed by atoms with Crippen molar-refractivity contribution in [2.45, 2.75) is 3.79 Å². The molecule has 0 saturated carbocycles. The van der Waals surface area contributed by atoms with Crippen molar-refractivity contribution in [2.24, 2.45) is 0 Å². The quantitative estimate of drug-likeness (QED) is 0.394. The van der Waals surface area contributed by atoms with Gasteiger partial charge in [-0.3, -0.25) is 15.0 Å². The maximum Gasteiger partial charge on any atom is 0.265 e. The Balaban J connectivity index is 2.11. The number of carbonyl (C=O) groups excluding carboxylic acids is 2. The number of fused-ring (bicyclic) bond motifs is 1. The number of halogens is 3. The van der Waals surface area contributed by atoms with Crippen LogP contribution < -0.4 is 0 Å². The van der Waals surface area contributed by atoms with Crippen LogP contribution in [0.15, 0.2) is 24.3 Å². The summed E-state index contributed by atoms with van der Waals surface area (Å²) in [5, 5.41) is 7.33. The molecule has 100 valence electrons. The van der Waals surface area contributed by atoms with Gasteiger partial charge in [-0.25, -0.2) is 4.90 Å². The monoisotopic (exact) mass is 320 g/mol. The third-order valence-electron chi connectivity index (χ3n) is 2.47. The first-order valence-corrected chi connectivity index (χ1v) is 6.19. The minimum absolute atomic E-state index is 0.288. The van der Waals surface area contributed by atoms with Gasteiger partial charge in [0.1, 0.15) is 0 Å². The molecule has 2 amide bonds. The van der Waals surface area contributed by atoms with Gasteiger partial charge in [-0.05, 0) is 12.1 Å². The highest BCUT2D eigenvalue weighted by Gasteiger charge is 2.37. The van der Waals surface area contributed by atoms with E-state index in [-0.39, 0.29) is 11.1 Å². The average Bonchev–Trinajstić information content (AvgIpc) is 2.59. The number of hydrogen-bond acceptors (Lipinski definition) is 4. The van der Waals surface area contributed by atoms with Gasteiger partial charge in [0, 0.05) is 0 Å². The van der Waals surface area contributed by atoms with Crippen LogP contribution in [0.2, 0.25) is 0 Å². The lowest BCUT2D eigenvalue weighted by molar-refractivity contribution is 0.0503. The van der Waals surface area contributed by atoms with Crippen LogP contribution in [0.4, 0.5) is 0 Å². The van der Waals surface area contributed by atoms with Crippen LogP contribution in [0.25, 0.3) is 0 Å². The fourth-order valence-electron chi connectivity index (χ4n) is 1.57. The minimum Gasteiger partial charge on any atom is -0.456 e. The highest BCUT2D eigenvalue weighted by Crippen LogP contribution is 2.28. The van der Waals surface area contributed by atoms with Crippen LogP contribution >= 0.6 is 34.8 Å². The lowest BCUT2D eigenvalue weighted by Gasteiger charge is -2.18. The number of benzene rings is 1. The van der Waals surface area contributed by atoms with Crippen LogP contribution in [0.1, 0.15) is 20.7 Å². The lowest BCUT2D eigenvalue weighted by atomic mass is 10.1. The second kappa shape index (κ2) is 5.00. The zero-order valence-corrected chi connectivity index (χ0v) is 11.6. The molecule has 1 aliphatic rings. The molecule has 1 aliphatic heterocycles. The average molecular weight is 322 g/mol. The molecule has 0 spiro atoms. The largest absolute Gasteiger partial charge is 0.456 e. The third-order valence-corrected chi connectivity index (χ3v) is 2.99. The molecule has 1 aromatic rings. The van der Waals surface area contributed by atoms with Crippen LogP contribution in [-0.2, 0) is 4.74 Å². The first-order valence-electron chi connectivity index (χ1n) is 5.06. The SMILES string of the molecule is N=C(OCN1C(=O)c2ccccc2C1=O)C(Cl)(Cl)Cl. The van der Waals surface area contributed by atoms with E-state index >= 15 is 0 Å². The third kappa shape index (κ3) is 2.68. The Morgan fingerprint density at radius 3 is 2.05 bits per heavy atom. The Morgan fingerprint density at radius 1 is 1.16 bits per heavy atom. The first kappa shape index (κ1) is 14.1. The van der Waals surface area contributed by atoms with Crippen molar-refractivity contribution in [1.29, 1.82) is 5.41 Å². The molecule has 0 fully saturated rings. The molecule has 0 atom stereocenters. The molecule has 0 aliphatic carbocycles. The molecular formula is C11H7Cl3N2O3. The normalized spacial score (nSPS) is 14.6. The van der Waals surface area contributed by atoms with Crippen molar-refractivity contribution in [3.05, 3.63) is 35.4 Å². The van der Waals surface area contributed by atoms with Gasteiger partial charge in [0.25, 0.3) is 15.6 Å². The number of alkyl halides is 3. The summed E-state index contributed by atoms with van der Waals surface area (Å²) in [6, 6.07) is 6.38. The first-order chi connectivity index (χ1) is 8.82. The standard InChI is InChI=1S/C11H7Cl3N2O3/c12-11(13,14)10(15)19-5-16-8(17)6-3-1-2-4-7(6)9(16)18/h1-4,15H,5H2. The van der Waals surface area contributed by atoms with Gasteiger partial charge in [0.15, 0.2) is 6.73 Å². The van der Waals surface area contributed by atoms with E-state index < -0.39 is 28.2 Å².